The van der Waals surface area contributed by atoms with Gasteiger partial charge in [-0.1, -0.05) is 25.8 Å². The summed E-state index contributed by atoms with van der Waals surface area (Å²) in [6.45, 7) is 6.15. The highest BCUT2D eigenvalue weighted by Crippen LogP contribution is 2.29. The summed E-state index contributed by atoms with van der Waals surface area (Å²) in [5, 5.41) is 12.7. The quantitative estimate of drug-likeness (QED) is 0.877. The maximum absolute atomic E-state index is 13.5. The van der Waals surface area contributed by atoms with Gasteiger partial charge in [-0.15, -0.1) is 12.4 Å². The second-order valence-electron chi connectivity index (χ2n) is 5.15. The molecule has 5 heteroatoms. The van der Waals surface area contributed by atoms with Gasteiger partial charge >= 0.3 is 0 Å². The number of phenols is 1. The van der Waals surface area contributed by atoms with Crippen molar-refractivity contribution in [2.45, 2.75) is 32.2 Å². The Labute approximate surface area is 126 Å². The Kier molecular flexibility index (Phi) is 7.27. The monoisotopic (exact) mass is 302 g/mol. The highest BCUT2D eigenvalue weighted by atomic mass is 35.5. The van der Waals surface area contributed by atoms with Crippen molar-refractivity contribution in [1.82, 2.24) is 10.2 Å². The van der Waals surface area contributed by atoms with Crippen molar-refractivity contribution < 1.29 is 9.50 Å². The van der Waals surface area contributed by atoms with Crippen LogP contribution >= 0.6 is 12.4 Å². The smallest absolute Gasteiger partial charge is 0.165 e. The SMILES string of the molecule is CCCC[C@H](c1ccc(O)c(F)c1)N1CCNCC1.Cl. The minimum Gasteiger partial charge on any atom is -0.505 e. The first-order valence-corrected chi connectivity index (χ1v) is 7.15. The molecule has 0 radical (unpaired) electrons. The average Bonchev–Trinajstić information content (AvgIpc) is 2.44. The van der Waals surface area contributed by atoms with Crippen LogP contribution in [0.1, 0.15) is 37.8 Å². The van der Waals surface area contributed by atoms with Crippen LogP contribution in [0.3, 0.4) is 0 Å². The van der Waals surface area contributed by atoms with Crippen molar-refractivity contribution >= 4 is 12.4 Å². The van der Waals surface area contributed by atoms with Crippen LogP contribution in [-0.4, -0.2) is 36.2 Å². The number of unbranched alkanes of at least 4 members (excludes halogenated alkanes) is 1. The van der Waals surface area contributed by atoms with Crippen molar-refractivity contribution in [3.05, 3.63) is 29.6 Å². The lowest BCUT2D eigenvalue weighted by Crippen LogP contribution is -2.45. The number of hydrogen-bond acceptors (Lipinski definition) is 3. The van der Waals surface area contributed by atoms with Crippen LogP contribution in [0.25, 0.3) is 0 Å². The summed E-state index contributed by atoms with van der Waals surface area (Å²) in [6.07, 6.45) is 3.32. The molecule has 1 aromatic carbocycles. The predicted molar refractivity (Wildman–Crippen MR) is 82.0 cm³/mol. The van der Waals surface area contributed by atoms with E-state index >= 15 is 0 Å². The molecule has 0 amide bonds. The van der Waals surface area contributed by atoms with E-state index in [1.165, 1.54) is 12.1 Å². The third-order valence-electron chi connectivity index (χ3n) is 3.78. The minimum absolute atomic E-state index is 0. The fraction of sp³-hybridized carbons (Fsp3) is 0.600. The molecule has 1 atom stereocenters. The molecule has 2 N–H and O–H groups in total. The summed E-state index contributed by atoms with van der Waals surface area (Å²) >= 11 is 0. The van der Waals surface area contributed by atoms with E-state index in [0.717, 1.165) is 51.0 Å². The van der Waals surface area contributed by atoms with E-state index in [2.05, 4.69) is 17.1 Å². The van der Waals surface area contributed by atoms with Gasteiger partial charge in [0.25, 0.3) is 0 Å². The van der Waals surface area contributed by atoms with Crippen LogP contribution < -0.4 is 5.32 Å². The Bertz CT molecular complexity index is 411. The van der Waals surface area contributed by atoms with E-state index in [9.17, 15) is 9.50 Å². The van der Waals surface area contributed by atoms with E-state index in [0.29, 0.717) is 0 Å². The number of nitrogens with zero attached hydrogens (tertiary/aromatic N) is 1. The molecular formula is C15H24ClFN2O. The third-order valence-corrected chi connectivity index (χ3v) is 3.78. The van der Waals surface area contributed by atoms with Gasteiger partial charge in [-0.05, 0) is 24.1 Å². The first kappa shape index (κ1) is 17.2. The number of rotatable bonds is 5. The van der Waals surface area contributed by atoms with Crippen molar-refractivity contribution in [3.8, 4) is 5.75 Å². The first-order valence-electron chi connectivity index (χ1n) is 7.15. The Hall–Kier alpha value is -0.840. The van der Waals surface area contributed by atoms with Crippen LogP contribution in [-0.2, 0) is 0 Å². The largest absolute Gasteiger partial charge is 0.505 e. The van der Waals surface area contributed by atoms with Gasteiger partial charge < -0.3 is 10.4 Å². The molecule has 1 fully saturated rings. The highest BCUT2D eigenvalue weighted by molar-refractivity contribution is 5.85. The van der Waals surface area contributed by atoms with Crippen LogP contribution in [0.4, 0.5) is 4.39 Å². The van der Waals surface area contributed by atoms with Gasteiger partial charge in [0.1, 0.15) is 0 Å². The second-order valence-corrected chi connectivity index (χ2v) is 5.15. The molecule has 2 rings (SSSR count). The zero-order valence-electron chi connectivity index (χ0n) is 11.9. The lowest BCUT2D eigenvalue weighted by molar-refractivity contribution is 0.163. The molecule has 1 saturated heterocycles. The number of aromatic hydroxyl groups is 1. The molecule has 0 spiro atoms. The number of nitrogens with one attached hydrogen (secondary N) is 1. The summed E-state index contributed by atoms with van der Waals surface area (Å²) in [7, 11) is 0. The van der Waals surface area contributed by atoms with Crippen LogP contribution in [0.2, 0.25) is 0 Å². The van der Waals surface area contributed by atoms with E-state index < -0.39 is 5.82 Å². The lowest BCUT2D eigenvalue weighted by atomic mass is 9.98. The Morgan fingerprint density at radius 2 is 2.05 bits per heavy atom. The molecule has 1 aliphatic rings. The fourth-order valence-electron chi connectivity index (χ4n) is 2.68. The summed E-state index contributed by atoms with van der Waals surface area (Å²) in [4.78, 5) is 2.41. The van der Waals surface area contributed by atoms with Gasteiger partial charge in [-0.25, -0.2) is 4.39 Å². The van der Waals surface area contributed by atoms with Gasteiger partial charge in [0, 0.05) is 32.2 Å². The normalized spacial score (nSPS) is 17.5. The number of hydrogen-bond donors (Lipinski definition) is 2. The van der Waals surface area contributed by atoms with E-state index in [1.807, 2.05) is 6.07 Å². The third kappa shape index (κ3) is 4.33. The number of benzene rings is 1. The van der Waals surface area contributed by atoms with E-state index in [4.69, 9.17) is 0 Å². The topological polar surface area (TPSA) is 35.5 Å². The van der Waals surface area contributed by atoms with E-state index in [-0.39, 0.29) is 24.2 Å². The number of phenolic OH excluding ortho intramolecular Hbond substituents is 1. The minimum atomic E-state index is -0.519. The summed E-state index contributed by atoms with van der Waals surface area (Å²) in [5.74, 6) is -0.785. The van der Waals surface area contributed by atoms with Gasteiger partial charge in [0.15, 0.2) is 11.6 Å². The summed E-state index contributed by atoms with van der Waals surface area (Å²) < 4.78 is 13.5. The molecular weight excluding hydrogens is 279 g/mol. The Balaban J connectivity index is 0.00000200. The predicted octanol–water partition coefficient (Wildman–Crippen LogP) is 3.09. The molecule has 3 nitrogen and oxygen atoms in total. The van der Waals surface area contributed by atoms with Crippen LogP contribution in [0.15, 0.2) is 18.2 Å². The zero-order valence-corrected chi connectivity index (χ0v) is 12.8. The molecule has 0 unspecified atom stereocenters. The first-order chi connectivity index (χ1) is 9.22. The molecule has 0 aliphatic carbocycles. The van der Waals surface area contributed by atoms with Crippen molar-refractivity contribution in [2.75, 3.05) is 26.2 Å². The summed E-state index contributed by atoms with van der Waals surface area (Å²) in [5.41, 5.74) is 0.977. The maximum Gasteiger partial charge on any atom is 0.165 e. The molecule has 0 aromatic heterocycles. The number of halogens is 2. The number of piperazine rings is 1. The molecule has 20 heavy (non-hydrogen) atoms. The second kappa shape index (κ2) is 8.45. The molecule has 114 valence electrons. The van der Waals surface area contributed by atoms with Gasteiger partial charge in [0.05, 0.1) is 0 Å². The fourth-order valence-corrected chi connectivity index (χ4v) is 2.68. The van der Waals surface area contributed by atoms with Crippen LogP contribution in [0, 0.1) is 5.82 Å². The van der Waals surface area contributed by atoms with Gasteiger partial charge in [-0.2, -0.15) is 0 Å². The highest BCUT2D eigenvalue weighted by Gasteiger charge is 2.22. The van der Waals surface area contributed by atoms with Crippen molar-refractivity contribution in [1.29, 1.82) is 0 Å². The van der Waals surface area contributed by atoms with Crippen LogP contribution in [0.5, 0.6) is 5.75 Å². The standard InChI is InChI=1S/C15H23FN2O.ClH/c1-2-3-4-14(18-9-7-17-8-10-18)12-5-6-15(19)13(16)11-12;/h5-6,11,14,17,19H,2-4,7-10H2,1H3;1H/t14-;/m1./s1. The van der Waals surface area contributed by atoms with Crippen molar-refractivity contribution in [3.63, 3.8) is 0 Å². The lowest BCUT2D eigenvalue weighted by Gasteiger charge is -2.35. The Morgan fingerprint density at radius 3 is 2.65 bits per heavy atom. The van der Waals surface area contributed by atoms with E-state index in [1.54, 1.807) is 0 Å². The summed E-state index contributed by atoms with van der Waals surface area (Å²) in [6, 6.07) is 5.06. The van der Waals surface area contributed by atoms with Gasteiger partial charge in [0.2, 0.25) is 0 Å². The molecule has 0 saturated carbocycles. The molecule has 1 heterocycles. The molecule has 0 bridgehead atoms. The van der Waals surface area contributed by atoms with Crippen molar-refractivity contribution in [2.24, 2.45) is 0 Å². The van der Waals surface area contributed by atoms with Gasteiger partial charge in [-0.3, -0.25) is 4.90 Å². The average molecular weight is 303 g/mol. The molecule has 1 aromatic rings. The maximum atomic E-state index is 13.5. The molecule has 1 aliphatic heterocycles. The zero-order chi connectivity index (χ0) is 13.7. The Morgan fingerprint density at radius 1 is 1.35 bits per heavy atom.